The van der Waals surface area contributed by atoms with Gasteiger partial charge >= 0.3 is 0 Å². The molecule has 1 unspecified atom stereocenters. The van der Waals surface area contributed by atoms with E-state index in [1.165, 1.54) is 0 Å². The maximum absolute atomic E-state index is 12.2. The molecule has 0 saturated carbocycles. The van der Waals surface area contributed by atoms with E-state index in [2.05, 4.69) is 0 Å². The highest BCUT2D eigenvalue weighted by atomic mass is 35.5. The second-order valence-corrected chi connectivity index (χ2v) is 5.02. The third-order valence-corrected chi connectivity index (χ3v) is 3.73. The van der Waals surface area contributed by atoms with Gasteiger partial charge < -0.3 is 9.47 Å². The normalized spacial score (nSPS) is 17.3. The van der Waals surface area contributed by atoms with Gasteiger partial charge in [0.15, 0.2) is 5.78 Å². The number of Topliss-reactive ketones (excluding diaryl/α,β-unsaturated/α-hetero) is 1. The van der Waals surface area contributed by atoms with Crippen LogP contribution in [-0.4, -0.2) is 12.9 Å². The second kappa shape index (κ2) is 5.17. The molecular weight excluding hydrogens is 276 g/mol. The van der Waals surface area contributed by atoms with Crippen molar-refractivity contribution in [1.29, 1.82) is 0 Å². The number of benzene rings is 2. The van der Waals surface area contributed by atoms with Gasteiger partial charge in [-0.15, -0.1) is 0 Å². The summed E-state index contributed by atoms with van der Waals surface area (Å²) in [5.74, 6) is 1.26. The van der Waals surface area contributed by atoms with Crippen molar-refractivity contribution in [3.63, 3.8) is 0 Å². The van der Waals surface area contributed by atoms with Crippen LogP contribution >= 0.6 is 11.6 Å². The molecule has 0 fully saturated rings. The van der Waals surface area contributed by atoms with Crippen LogP contribution in [0.4, 0.5) is 0 Å². The van der Waals surface area contributed by atoms with Crippen LogP contribution in [0.25, 0.3) is 0 Å². The number of fused-ring (bicyclic) bond motifs is 1. The fourth-order valence-corrected chi connectivity index (χ4v) is 2.60. The fraction of sp³-hybridized carbons (Fsp3) is 0.188. The molecule has 0 aliphatic carbocycles. The van der Waals surface area contributed by atoms with Gasteiger partial charge in [-0.25, -0.2) is 0 Å². The molecule has 1 aliphatic rings. The molecule has 0 N–H and O–H groups in total. The fourth-order valence-electron chi connectivity index (χ4n) is 2.34. The summed E-state index contributed by atoms with van der Waals surface area (Å²) < 4.78 is 11.1. The number of hydrogen-bond donors (Lipinski definition) is 0. The van der Waals surface area contributed by atoms with Crippen LogP contribution in [0.3, 0.4) is 0 Å². The molecule has 3 nitrogen and oxygen atoms in total. The van der Waals surface area contributed by atoms with Crippen molar-refractivity contribution in [3.05, 3.63) is 58.6 Å². The summed E-state index contributed by atoms with van der Waals surface area (Å²) in [6.45, 7) is 0. The molecular formula is C16H13ClO3. The van der Waals surface area contributed by atoms with Gasteiger partial charge in [-0.1, -0.05) is 29.8 Å². The number of methoxy groups -OCH3 is 1. The van der Waals surface area contributed by atoms with Gasteiger partial charge in [0.2, 0.25) is 0 Å². The van der Waals surface area contributed by atoms with Gasteiger partial charge in [-0.3, -0.25) is 4.79 Å². The molecule has 0 saturated heterocycles. The van der Waals surface area contributed by atoms with Gasteiger partial charge in [0.25, 0.3) is 0 Å². The molecule has 1 atom stereocenters. The summed E-state index contributed by atoms with van der Waals surface area (Å²) in [6.07, 6.45) is -0.0564. The largest absolute Gasteiger partial charge is 0.497 e. The summed E-state index contributed by atoms with van der Waals surface area (Å²) in [7, 11) is 1.58. The quantitative estimate of drug-likeness (QED) is 0.836. The maximum atomic E-state index is 12.2. The Kier molecular flexibility index (Phi) is 3.36. The minimum absolute atomic E-state index is 0.0545. The number of ketones is 1. The molecule has 1 heterocycles. The predicted molar refractivity (Wildman–Crippen MR) is 76.8 cm³/mol. The number of rotatable bonds is 2. The highest BCUT2D eigenvalue weighted by Gasteiger charge is 2.29. The van der Waals surface area contributed by atoms with E-state index in [-0.39, 0.29) is 11.9 Å². The first kappa shape index (κ1) is 13.0. The lowest BCUT2D eigenvalue weighted by Gasteiger charge is -2.26. The van der Waals surface area contributed by atoms with Gasteiger partial charge in [0.05, 0.1) is 19.1 Å². The van der Waals surface area contributed by atoms with Crippen LogP contribution in [0.15, 0.2) is 42.5 Å². The van der Waals surface area contributed by atoms with Crippen molar-refractivity contribution in [2.45, 2.75) is 12.5 Å². The Bertz CT molecular complexity index is 667. The van der Waals surface area contributed by atoms with E-state index in [1.807, 2.05) is 18.2 Å². The molecule has 2 aromatic carbocycles. The van der Waals surface area contributed by atoms with Crippen molar-refractivity contribution in [1.82, 2.24) is 0 Å². The van der Waals surface area contributed by atoms with E-state index in [1.54, 1.807) is 31.4 Å². The minimum atomic E-state index is -0.351. The standard InChI is InChI=1S/C16H13ClO3/c1-19-10-6-7-12-14(18)9-16(20-15(12)8-10)11-4-2-3-5-13(11)17/h2-8,16H,9H2,1H3. The smallest absolute Gasteiger partial charge is 0.170 e. The average molecular weight is 289 g/mol. The highest BCUT2D eigenvalue weighted by Crippen LogP contribution is 2.38. The maximum Gasteiger partial charge on any atom is 0.170 e. The summed E-state index contributed by atoms with van der Waals surface area (Å²) in [6, 6.07) is 12.6. The lowest BCUT2D eigenvalue weighted by Crippen LogP contribution is -2.20. The monoisotopic (exact) mass is 288 g/mol. The van der Waals surface area contributed by atoms with Crippen LogP contribution in [0.2, 0.25) is 5.02 Å². The Labute approximate surface area is 122 Å². The summed E-state index contributed by atoms with van der Waals surface area (Å²) in [4.78, 5) is 12.2. The van der Waals surface area contributed by atoms with Crippen molar-refractivity contribution in [2.24, 2.45) is 0 Å². The van der Waals surface area contributed by atoms with E-state index >= 15 is 0 Å². The molecule has 0 aromatic heterocycles. The van der Waals surface area contributed by atoms with Crippen molar-refractivity contribution < 1.29 is 14.3 Å². The lowest BCUT2D eigenvalue weighted by atomic mass is 9.96. The molecule has 0 spiro atoms. The third-order valence-electron chi connectivity index (χ3n) is 3.38. The number of ether oxygens (including phenoxy) is 2. The Hall–Kier alpha value is -2.00. The highest BCUT2D eigenvalue weighted by molar-refractivity contribution is 6.31. The molecule has 2 aromatic rings. The van der Waals surface area contributed by atoms with E-state index < -0.39 is 0 Å². The molecule has 0 bridgehead atoms. The third kappa shape index (κ3) is 2.25. The molecule has 0 radical (unpaired) electrons. The SMILES string of the molecule is COc1ccc2c(c1)OC(c1ccccc1Cl)CC2=O. The molecule has 4 heteroatoms. The number of hydrogen-bond acceptors (Lipinski definition) is 3. The number of halogens is 1. The van der Waals surface area contributed by atoms with Crippen LogP contribution in [-0.2, 0) is 0 Å². The van der Waals surface area contributed by atoms with E-state index in [4.69, 9.17) is 21.1 Å². The van der Waals surface area contributed by atoms with Crippen molar-refractivity contribution in [2.75, 3.05) is 7.11 Å². The van der Waals surface area contributed by atoms with Crippen LogP contribution in [0, 0.1) is 0 Å². The van der Waals surface area contributed by atoms with Crippen molar-refractivity contribution in [3.8, 4) is 11.5 Å². The first-order chi connectivity index (χ1) is 9.69. The molecule has 102 valence electrons. The Balaban J connectivity index is 1.99. The van der Waals surface area contributed by atoms with E-state index in [9.17, 15) is 4.79 Å². The van der Waals surface area contributed by atoms with E-state index in [0.717, 1.165) is 5.56 Å². The Morgan fingerprint density at radius 1 is 1.25 bits per heavy atom. The summed E-state index contributed by atoms with van der Waals surface area (Å²) >= 11 is 6.17. The van der Waals surface area contributed by atoms with Crippen LogP contribution in [0.1, 0.15) is 28.4 Å². The zero-order chi connectivity index (χ0) is 14.1. The van der Waals surface area contributed by atoms with Crippen LogP contribution in [0.5, 0.6) is 11.5 Å². The van der Waals surface area contributed by atoms with E-state index in [0.29, 0.717) is 28.5 Å². The molecule has 0 amide bonds. The van der Waals surface area contributed by atoms with Gasteiger partial charge in [0, 0.05) is 16.7 Å². The summed E-state index contributed by atoms with van der Waals surface area (Å²) in [5, 5.41) is 0.608. The van der Waals surface area contributed by atoms with Gasteiger partial charge in [-0.2, -0.15) is 0 Å². The second-order valence-electron chi connectivity index (χ2n) is 4.62. The van der Waals surface area contributed by atoms with Crippen LogP contribution < -0.4 is 9.47 Å². The Morgan fingerprint density at radius 3 is 2.80 bits per heavy atom. The zero-order valence-electron chi connectivity index (χ0n) is 10.9. The minimum Gasteiger partial charge on any atom is -0.497 e. The van der Waals surface area contributed by atoms with Crippen molar-refractivity contribution >= 4 is 17.4 Å². The zero-order valence-corrected chi connectivity index (χ0v) is 11.7. The Morgan fingerprint density at radius 2 is 2.05 bits per heavy atom. The number of carbonyl (C=O) groups is 1. The number of carbonyl (C=O) groups excluding carboxylic acids is 1. The topological polar surface area (TPSA) is 35.5 Å². The van der Waals surface area contributed by atoms with Gasteiger partial charge in [-0.05, 0) is 18.2 Å². The first-order valence-electron chi connectivity index (χ1n) is 6.31. The molecule has 3 rings (SSSR count). The lowest BCUT2D eigenvalue weighted by molar-refractivity contribution is 0.0849. The van der Waals surface area contributed by atoms with Gasteiger partial charge in [0.1, 0.15) is 17.6 Å². The predicted octanol–water partition coefficient (Wildman–Crippen LogP) is 4.06. The molecule has 1 aliphatic heterocycles. The average Bonchev–Trinajstić information content (AvgIpc) is 2.47. The first-order valence-corrected chi connectivity index (χ1v) is 6.69. The summed E-state index contributed by atoms with van der Waals surface area (Å²) in [5.41, 5.74) is 1.42. The molecule has 20 heavy (non-hydrogen) atoms.